The van der Waals surface area contributed by atoms with Gasteiger partial charge in [0.1, 0.15) is 11.8 Å². The van der Waals surface area contributed by atoms with Gasteiger partial charge in [0.15, 0.2) is 0 Å². The molecule has 7 heteroatoms. The maximum absolute atomic E-state index is 12.7. The number of halogens is 1. The van der Waals surface area contributed by atoms with Crippen molar-refractivity contribution in [2.45, 2.75) is 45.1 Å². The molecule has 0 bridgehead atoms. The van der Waals surface area contributed by atoms with E-state index in [1.807, 2.05) is 5.38 Å². The van der Waals surface area contributed by atoms with Gasteiger partial charge in [0.05, 0.1) is 5.56 Å². The second-order valence-electron chi connectivity index (χ2n) is 6.34. The molecule has 2 amide bonds. The van der Waals surface area contributed by atoms with Gasteiger partial charge in [-0.15, -0.1) is 0 Å². The van der Waals surface area contributed by atoms with Crippen molar-refractivity contribution in [3.05, 3.63) is 51.7 Å². The third-order valence-electron chi connectivity index (χ3n) is 4.02. The summed E-state index contributed by atoms with van der Waals surface area (Å²) < 4.78 is 0. The largest absolute Gasteiger partial charge is 0.340 e. The Morgan fingerprint density at radius 1 is 1.15 bits per heavy atom. The van der Waals surface area contributed by atoms with E-state index in [1.54, 1.807) is 42.6 Å². The van der Waals surface area contributed by atoms with Crippen molar-refractivity contribution < 1.29 is 14.4 Å². The maximum atomic E-state index is 12.7. The molecule has 2 aromatic rings. The Labute approximate surface area is 168 Å². The third-order valence-corrected chi connectivity index (χ3v) is 4.94. The van der Waals surface area contributed by atoms with Crippen molar-refractivity contribution in [2.24, 2.45) is 0 Å². The van der Waals surface area contributed by atoms with Crippen LogP contribution in [0.3, 0.4) is 0 Å². The van der Waals surface area contributed by atoms with Gasteiger partial charge in [0.2, 0.25) is 5.91 Å². The van der Waals surface area contributed by atoms with Gasteiger partial charge in [-0.1, -0.05) is 30.5 Å². The Hall–Kier alpha value is -2.18. The van der Waals surface area contributed by atoms with Crippen LogP contribution in [0.25, 0.3) is 0 Å². The predicted octanol–water partition coefficient (Wildman–Crippen LogP) is 4.68. The first kappa shape index (κ1) is 21.1. The van der Waals surface area contributed by atoms with Crippen molar-refractivity contribution >= 4 is 46.2 Å². The van der Waals surface area contributed by atoms with Crippen molar-refractivity contribution in [2.75, 3.05) is 5.32 Å². The van der Waals surface area contributed by atoms with Crippen molar-refractivity contribution in [3.8, 4) is 0 Å². The molecular formula is C20H23ClN2O3S. The summed E-state index contributed by atoms with van der Waals surface area (Å²) in [5.41, 5.74) is 1.12. The van der Waals surface area contributed by atoms with Gasteiger partial charge in [-0.25, -0.2) is 0 Å². The van der Waals surface area contributed by atoms with Crippen LogP contribution in [0.5, 0.6) is 0 Å². The van der Waals surface area contributed by atoms with Crippen LogP contribution in [0.4, 0.5) is 5.69 Å². The minimum Gasteiger partial charge on any atom is -0.340 e. The molecule has 0 saturated carbocycles. The summed E-state index contributed by atoms with van der Waals surface area (Å²) in [4.78, 5) is 36.1. The fraction of sp³-hybridized carbons (Fsp3) is 0.350. The van der Waals surface area contributed by atoms with Crippen LogP contribution in [0.2, 0.25) is 5.02 Å². The first-order valence-electron chi connectivity index (χ1n) is 8.84. The van der Waals surface area contributed by atoms with Gasteiger partial charge >= 0.3 is 0 Å². The van der Waals surface area contributed by atoms with E-state index in [4.69, 9.17) is 11.6 Å². The van der Waals surface area contributed by atoms with Gasteiger partial charge in [-0.3, -0.25) is 9.59 Å². The topological polar surface area (TPSA) is 75.3 Å². The van der Waals surface area contributed by atoms with Gasteiger partial charge in [0.25, 0.3) is 5.91 Å². The molecule has 0 radical (unpaired) electrons. The van der Waals surface area contributed by atoms with E-state index >= 15 is 0 Å². The number of carbonyl (C=O) groups is 3. The predicted molar refractivity (Wildman–Crippen MR) is 109 cm³/mol. The average Bonchev–Trinajstić information content (AvgIpc) is 3.14. The number of anilines is 1. The Bertz CT molecular complexity index is 777. The summed E-state index contributed by atoms with van der Waals surface area (Å²) in [5.74, 6) is -0.394. The van der Waals surface area contributed by atoms with Crippen LogP contribution in [0.15, 0.2) is 41.1 Å². The molecule has 0 fully saturated rings. The zero-order chi connectivity index (χ0) is 19.6. The van der Waals surface area contributed by atoms with Gasteiger partial charge in [-0.05, 0) is 49.4 Å². The lowest BCUT2D eigenvalue weighted by molar-refractivity contribution is -0.118. The molecular weight excluding hydrogens is 384 g/mol. The van der Waals surface area contributed by atoms with E-state index in [1.165, 1.54) is 11.3 Å². The molecule has 0 spiro atoms. The second kappa shape index (κ2) is 10.8. The number of hydrogen-bond donors (Lipinski definition) is 2. The smallest absolute Gasteiger partial charge is 0.252 e. The Balaban J connectivity index is 1.97. The van der Waals surface area contributed by atoms with Crippen LogP contribution >= 0.6 is 22.9 Å². The van der Waals surface area contributed by atoms with Crippen molar-refractivity contribution in [1.29, 1.82) is 0 Å². The summed E-state index contributed by atoms with van der Waals surface area (Å²) in [7, 11) is 0. The van der Waals surface area contributed by atoms with Crippen molar-refractivity contribution in [3.63, 3.8) is 0 Å². The number of carbonyl (C=O) groups excluding carboxylic acids is 3. The quantitative estimate of drug-likeness (QED) is 0.562. The van der Waals surface area contributed by atoms with Crippen LogP contribution in [0, 0.1) is 0 Å². The number of hydrogen-bond acceptors (Lipinski definition) is 4. The molecule has 1 aromatic carbocycles. The molecule has 2 rings (SSSR count). The second-order valence-corrected chi connectivity index (χ2v) is 7.56. The minimum absolute atomic E-state index is 0.163. The lowest BCUT2D eigenvalue weighted by Gasteiger charge is -2.18. The minimum atomic E-state index is -0.659. The standard InChI is InChI=1S/C20H23ClN2O3S/c1-14(24)6-3-2-4-9-18(23-19(25)15-10-11-27-13-15)20(26)22-17-8-5-7-16(21)12-17/h5,7-8,10-13,18H,2-4,6,9H2,1H3,(H,22,26)(H,23,25)/t18-/m0/s1. The first-order valence-corrected chi connectivity index (χ1v) is 10.2. The fourth-order valence-electron chi connectivity index (χ4n) is 2.60. The monoisotopic (exact) mass is 406 g/mol. The summed E-state index contributed by atoms with van der Waals surface area (Å²) in [5, 5.41) is 9.70. The number of unbranched alkanes of at least 4 members (excludes halogenated alkanes) is 2. The average molecular weight is 407 g/mol. The molecule has 2 N–H and O–H groups in total. The highest BCUT2D eigenvalue weighted by Crippen LogP contribution is 2.16. The van der Waals surface area contributed by atoms with Gasteiger partial charge < -0.3 is 15.4 Å². The third kappa shape index (κ3) is 7.53. The van der Waals surface area contributed by atoms with Crippen LogP contribution in [-0.4, -0.2) is 23.6 Å². The molecule has 27 heavy (non-hydrogen) atoms. The maximum Gasteiger partial charge on any atom is 0.252 e. The summed E-state index contributed by atoms with van der Waals surface area (Å²) >= 11 is 7.38. The molecule has 0 unspecified atom stereocenters. The van der Waals surface area contributed by atoms with Crippen LogP contribution in [0.1, 0.15) is 49.4 Å². The summed E-state index contributed by atoms with van der Waals surface area (Å²) in [6.45, 7) is 1.57. The van der Waals surface area contributed by atoms with E-state index in [2.05, 4.69) is 10.6 Å². The van der Waals surface area contributed by atoms with Gasteiger partial charge in [0, 0.05) is 22.5 Å². The number of thiophene rings is 1. The van der Waals surface area contributed by atoms with Gasteiger partial charge in [-0.2, -0.15) is 11.3 Å². The molecule has 1 heterocycles. The molecule has 0 aliphatic carbocycles. The molecule has 1 aromatic heterocycles. The SMILES string of the molecule is CC(=O)CCCCC[C@H](NC(=O)c1ccsc1)C(=O)Nc1cccc(Cl)c1. The van der Waals surface area contributed by atoms with E-state index in [0.717, 1.165) is 19.3 Å². The molecule has 0 aliphatic heterocycles. The first-order chi connectivity index (χ1) is 13.0. The zero-order valence-electron chi connectivity index (χ0n) is 15.2. The van der Waals surface area contributed by atoms with Crippen LogP contribution in [-0.2, 0) is 9.59 Å². The Morgan fingerprint density at radius 2 is 1.96 bits per heavy atom. The number of nitrogens with one attached hydrogen (secondary N) is 2. The highest BCUT2D eigenvalue weighted by molar-refractivity contribution is 7.08. The molecule has 0 saturated heterocycles. The molecule has 5 nitrogen and oxygen atoms in total. The number of rotatable bonds is 10. The van der Waals surface area contributed by atoms with E-state index in [0.29, 0.717) is 29.1 Å². The molecule has 0 aliphatic rings. The van der Waals surface area contributed by atoms with Crippen LogP contribution < -0.4 is 10.6 Å². The van der Waals surface area contributed by atoms with E-state index in [9.17, 15) is 14.4 Å². The molecule has 144 valence electrons. The normalized spacial score (nSPS) is 11.6. The zero-order valence-corrected chi connectivity index (χ0v) is 16.7. The lowest BCUT2D eigenvalue weighted by atomic mass is 10.0. The number of benzene rings is 1. The Kier molecular flexibility index (Phi) is 8.48. The highest BCUT2D eigenvalue weighted by Gasteiger charge is 2.21. The summed E-state index contributed by atoms with van der Waals surface area (Å²) in [6.07, 6.45) is 3.40. The van der Waals surface area contributed by atoms with E-state index < -0.39 is 6.04 Å². The number of ketones is 1. The Morgan fingerprint density at radius 3 is 2.63 bits per heavy atom. The lowest BCUT2D eigenvalue weighted by Crippen LogP contribution is -2.43. The number of Topliss-reactive ketones (excluding diaryl/α,β-unsaturated/α-hetero) is 1. The summed E-state index contributed by atoms with van der Waals surface area (Å²) in [6, 6.07) is 7.94. The van der Waals surface area contributed by atoms with E-state index in [-0.39, 0.29) is 17.6 Å². The van der Waals surface area contributed by atoms with Crippen molar-refractivity contribution in [1.82, 2.24) is 5.32 Å². The fourth-order valence-corrected chi connectivity index (χ4v) is 3.43. The number of amides is 2. The molecule has 1 atom stereocenters. The highest BCUT2D eigenvalue weighted by atomic mass is 35.5.